The first kappa shape index (κ1) is 26.3. The molecule has 196 valence electrons. The summed E-state index contributed by atoms with van der Waals surface area (Å²) in [5.41, 5.74) is 0.761. The number of fused-ring (bicyclic) bond motifs is 1. The van der Waals surface area contributed by atoms with Crippen LogP contribution in [0.4, 0.5) is 10.1 Å². The van der Waals surface area contributed by atoms with Crippen molar-refractivity contribution in [3.8, 4) is 0 Å². The fourth-order valence-corrected chi connectivity index (χ4v) is 6.81. The lowest BCUT2D eigenvalue weighted by Gasteiger charge is -2.23. The number of halogens is 2. The summed E-state index contributed by atoms with van der Waals surface area (Å²) in [6.07, 6.45) is 3.44. The van der Waals surface area contributed by atoms with Gasteiger partial charge in [-0.25, -0.2) is 9.37 Å². The van der Waals surface area contributed by atoms with Crippen molar-refractivity contribution in [3.05, 3.63) is 79.8 Å². The smallest absolute Gasteiger partial charge is 0.303 e. The van der Waals surface area contributed by atoms with E-state index in [2.05, 4.69) is 10.3 Å². The minimum atomic E-state index is -0.871. The van der Waals surface area contributed by atoms with Crippen molar-refractivity contribution in [2.75, 3.05) is 11.9 Å². The zero-order valence-electron chi connectivity index (χ0n) is 20.1. The molecule has 7 nitrogen and oxygen atoms in total. The number of hydrogen-bond acceptors (Lipinski definition) is 6. The maximum absolute atomic E-state index is 15.1. The Hall–Kier alpha value is -3.34. The van der Waals surface area contributed by atoms with Crippen molar-refractivity contribution >= 4 is 67.8 Å². The number of carbonyl (C=O) groups excluding carboxylic acids is 2. The Bertz CT molecular complexity index is 1540. The molecule has 1 aliphatic rings. The van der Waals surface area contributed by atoms with Gasteiger partial charge in [0.25, 0.3) is 5.91 Å². The first-order valence-corrected chi connectivity index (χ1v) is 14.1. The molecule has 1 aliphatic heterocycles. The van der Waals surface area contributed by atoms with E-state index in [1.807, 2.05) is 24.3 Å². The molecular formula is C27H23ClFN3O4S2. The van der Waals surface area contributed by atoms with Crippen LogP contribution < -0.4 is 5.32 Å². The van der Waals surface area contributed by atoms with Crippen molar-refractivity contribution in [3.63, 3.8) is 0 Å². The molecule has 5 rings (SSSR count). The van der Waals surface area contributed by atoms with E-state index >= 15 is 4.39 Å². The average Bonchev–Trinajstić information content (AvgIpc) is 3.64. The Morgan fingerprint density at radius 3 is 2.87 bits per heavy atom. The number of anilines is 1. The number of thiophene rings is 1. The topological polar surface area (TPSA) is 99.6 Å². The van der Waals surface area contributed by atoms with Crippen LogP contribution in [0.2, 0.25) is 5.02 Å². The van der Waals surface area contributed by atoms with Crippen LogP contribution in [-0.2, 0) is 22.4 Å². The Morgan fingerprint density at radius 2 is 2.05 bits per heavy atom. The van der Waals surface area contributed by atoms with Gasteiger partial charge in [-0.1, -0.05) is 29.8 Å². The third-order valence-corrected chi connectivity index (χ3v) is 8.90. The summed E-state index contributed by atoms with van der Waals surface area (Å²) in [5, 5.41) is 15.0. The molecule has 3 heterocycles. The van der Waals surface area contributed by atoms with Crippen LogP contribution in [0.25, 0.3) is 10.1 Å². The van der Waals surface area contributed by atoms with Gasteiger partial charge in [0.05, 0.1) is 35.2 Å². The van der Waals surface area contributed by atoms with Crippen molar-refractivity contribution in [2.45, 2.75) is 38.1 Å². The minimum Gasteiger partial charge on any atom is -0.481 e. The van der Waals surface area contributed by atoms with Crippen LogP contribution in [-0.4, -0.2) is 39.3 Å². The fraction of sp³-hybridized carbons (Fsp3) is 0.259. The van der Waals surface area contributed by atoms with Crippen LogP contribution in [0.5, 0.6) is 0 Å². The van der Waals surface area contributed by atoms with Crippen LogP contribution in [0.1, 0.15) is 51.1 Å². The van der Waals surface area contributed by atoms with Gasteiger partial charge >= 0.3 is 5.97 Å². The summed E-state index contributed by atoms with van der Waals surface area (Å²) >= 11 is 9.25. The second-order valence-electron chi connectivity index (χ2n) is 9.00. The molecule has 4 aromatic rings. The van der Waals surface area contributed by atoms with Crippen molar-refractivity contribution in [1.29, 1.82) is 0 Å². The second-order valence-corrected chi connectivity index (χ2v) is 11.5. The number of thiazole rings is 1. The van der Waals surface area contributed by atoms with E-state index in [9.17, 15) is 14.4 Å². The number of aryl methyl sites for hydroxylation is 1. The maximum atomic E-state index is 15.1. The molecule has 38 heavy (non-hydrogen) atoms. The molecule has 1 fully saturated rings. The Kier molecular flexibility index (Phi) is 7.73. The number of aromatic nitrogens is 1. The van der Waals surface area contributed by atoms with Gasteiger partial charge in [-0.05, 0) is 43.0 Å². The first-order valence-electron chi connectivity index (χ1n) is 12.0. The Morgan fingerprint density at radius 1 is 1.24 bits per heavy atom. The van der Waals surface area contributed by atoms with Crippen molar-refractivity contribution in [2.24, 2.45) is 0 Å². The number of nitrogens with zero attached hydrogens (tertiary/aromatic N) is 2. The number of amides is 2. The van der Waals surface area contributed by atoms with Crippen LogP contribution in [0, 0.1) is 5.82 Å². The monoisotopic (exact) mass is 571 g/mol. The van der Waals surface area contributed by atoms with Gasteiger partial charge in [-0.3, -0.25) is 14.4 Å². The van der Waals surface area contributed by atoms with E-state index in [1.54, 1.807) is 16.5 Å². The van der Waals surface area contributed by atoms with E-state index in [0.717, 1.165) is 38.9 Å². The average molecular weight is 572 g/mol. The highest BCUT2D eigenvalue weighted by Crippen LogP contribution is 2.36. The fourth-order valence-electron chi connectivity index (χ4n) is 4.57. The van der Waals surface area contributed by atoms with E-state index in [1.165, 1.54) is 28.7 Å². The molecule has 2 aromatic heterocycles. The van der Waals surface area contributed by atoms with Gasteiger partial charge in [0.2, 0.25) is 5.91 Å². The number of aliphatic carboxylic acids is 1. The van der Waals surface area contributed by atoms with E-state index in [4.69, 9.17) is 16.7 Å². The molecule has 1 saturated heterocycles. The minimum absolute atomic E-state index is 0.0231. The molecule has 0 aliphatic carbocycles. The third-order valence-electron chi connectivity index (χ3n) is 6.47. The van der Waals surface area contributed by atoms with Gasteiger partial charge in [-0.15, -0.1) is 22.7 Å². The molecule has 2 amide bonds. The van der Waals surface area contributed by atoms with Gasteiger partial charge in [-0.2, -0.15) is 0 Å². The largest absolute Gasteiger partial charge is 0.481 e. The van der Waals surface area contributed by atoms with Crippen LogP contribution in [0.3, 0.4) is 0 Å². The number of carboxylic acids is 1. The molecule has 0 saturated carbocycles. The highest BCUT2D eigenvalue weighted by Gasteiger charge is 2.32. The number of nitrogens with one attached hydrogen (secondary N) is 1. The lowest BCUT2D eigenvalue weighted by atomic mass is 10.1. The van der Waals surface area contributed by atoms with Crippen molar-refractivity contribution < 1.29 is 23.9 Å². The molecule has 2 aromatic carbocycles. The quantitative estimate of drug-likeness (QED) is 0.257. The molecule has 1 atom stereocenters. The number of likely N-dealkylation sites (tertiary alicyclic amines) is 1. The van der Waals surface area contributed by atoms with Gasteiger partial charge < -0.3 is 15.3 Å². The zero-order valence-corrected chi connectivity index (χ0v) is 22.5. The second kappa shape index (κ2) is 11.2. The SMILES string of the molecule is O=C(O)CCc1cnc([C@@H]2CCCN2C(=O)Cc2cc(Cl)c(NC(=O)c3csc4ccccc34)cc2F)s1. The summed E-state index contributed by atoms with van der Waals surface area (Å²) in [7, 11) is 0. The number of carbonyl (C=O) groups is 3. The Balaban J connectivity index is 1.27. The third kappa shape index (κ3) is 5.57. The molecule has 0 bridgehead atoms. The zero-order chi connectivity index (χ0) is 26.8. The Labute approximate surface area is 230 Å². The van der Waals surface area contributed by atoms with E-state index < -0.39 is 17.7 Å². The normalized spacial score (nSPS) is 15.2. The summed E-state index contributed by atoms with van der Waals surface area (Å²) in [6, 6.07) is 9.83. The van der Waals surface area contributed by atoms with Gasteiger partial charge in [0.1, 0.15) is 10.8 Å². The number of benzene rings is 2. The lowest BCUT2D eigenvalue weighted by molar-refractivity contribution is -0.137. The lowest BCUT2D eigenvalue weighted by Crippen LogP contribution is -2.32. The molecular weight excluding hydrogens is 549 g/mol. The standard InChI is InChI=1S/C27H23ClFN3O4S2/c28-19-10-15(20(29)12-21(19)31-26(36)18-14-37-23-6-2-1-4-17(18)23)11-24(33)32-9-3-5-22(32)27-30-13-16(38-27)7-8-25(34)35/h1-2,4,6,10,12-14,22H,3,5,7-9,11H2,(H,31,36)(H,34,35)/t22-/m0/s1. The molecule has 0 spiro atoms. The molecule has 2 N–H and O–H groups in total. The summed E-state index contributed by atoms with van der Waals surface area (Å²) < 4.78 is 16.0. The predicted octanol–water partition coefficient (Wildman–Crippen LogP) is 6.33. The predicted molar refractivity (Wildman–Crippen MR) is 147 cm³/mol. The molecule has 0 radical (unpaired) electrons. The number of hydrogen-bond donors (Lipinski definition) is 2. The molecule has 11 heteroatoms. The van der Waals surface area contributed by atoms with Gasteiger partial charge in [0, 0.05) is 33.1 Å². The summed E-state index contributed by atoms with van der Waals surface area (Å²) in [5.74, 6) is -2.14. The van der Waals surface area contributed by atoms with Gasteiger partial charge in [0.15, 0.2) is 0 Å². The number of carboxylic acid groups (broad SMARTS) is 1. The van der Waals surface area contributed by atoms with E-state index in [0.29, 0.717) is 18.5 Å². The highest BCUT2D eigenvalue weighted by molar-refractivity contribution is 7.17. The van der Waals surface area contributed by atoms with E-state index in [-0.39, 0.29) is 41.1 Å². The summed E-state index contributed by atoms with van der Waals surface area (Å²) in [6.45, 7) is 0.533. The summed E-state index contributed by atoms with van der Waals surface area (Å²) in [4.78, 5) is 43.9. The van der Waals surface area contributed by atoms with Crippen LogP contribution >= 0.6 is 34.3 Å². The van der Waals surface area contributed by atoms with Crippen LogP contribution in [0.15, 0.2) is 48.0 Å². The first-order chi connectivity index (χ1) is 18.3. The molecule has 0 unspecified atom stereocenters. The van der Waals surface area contributed by atoms with Crippen molar-refractivity contribution in [1.82, 2.24) is 9.88 Å². The highest BCUT2D eigenvalue weighted by atomic mass is 35.5. The number of rotatable bonds is 8. The maximum Gasteiger partial charge on any atom is 0.303 e.